The molecule has 1 amide bonds. The van der Waals surface area contributed by atoms with Gasteiger partial charge in [0.15, 0.2) is 4.67 Å². The number of hydrogen-bond acceptors (Lipinski definition) is 3. The molecule has 1 N–H and O–H groups in total. The van der Waals surface area contributed by atoms with Crippen LogP contribution in [0.3, 0.4) is 0 Å². The second-order valence-corrected chi connectivity index (χ2v) is 6.02. The highest BCUT2D eigenvalue weighted by molar-refractivity contribution is 9.10. The van der Waals surface area contributed by atoms with Crippen LogP contribution in [0.4, 0.5) is 0 Å². The average Bonchev–Trinajstić information content (AvgIpc) is 2.90. The lowest BCUT2D eigenvalue weighted by Gasteiger charge is -2.37. The number of amides is 1. The minimum atomic E-state index is -0.756. The van der Waals surface area contributed by atoms with E-state index in [1.54, 1.807) is 23.1 Å². The van der Waals surface area contributed by atoms with Crippen molar-refractivity contribution >= 4 is 33.9 Å². The Hall–Kier alpha value is -1.56. The van der Waals surface area contributed by atoms with Crippen molar-refractivity contribution in [2.75, 3.05) is 13.1 Å². The Bertz CT molecular complexity index is 556. The van der Waals surface area contributed by atoms with Crippen LogP contribution >= 0.6 is 15.9 Å². The largest absolute Gasteiger partial charge is 0.481 e. The Morgan fingerprint density at radius 1 is 1.43 bits per heavy atom. The molecule has 1 aliphatic heterocycles. The summed E-state index contributed by atoms with van der Waals surface area (Å²) in [6, 6.07) is 3.52. The van der Waals surface area contributed by atoms with Gasteiger partial charge in [-0.2, -0.15) is 0 Å². The standard InChI is InChI=1S/C15H18BrNO4/c1-2-15(14(19)20)7-9-17(10-8-15)13(18)6-4-11-3-5-12(16)21-11/h3-6H,2,7-10H2,1H3,(H,19,20). The van der Waals surface area contributed by atoms with Gasteiger partial charge in [0.25, 0.3) is 0 Å². The molecule has 1 fully saturated rings. The number of rotatable bonds is 4. The Balaban J connectivity index is 1.94. The van der Waals surface area contributed by atoms with Gasteiger partial charge in [0.05, 0.1) is 5.41 Å². The van der Waals surface area contributed by atoms with Crippen molar-refractivity contribution in [1.82, 2.24) is 4.90 Å². The lowest BCUT2D eigenvalue weighted by molar-refractivity contribution is -0.154. The number of halogens is 1. The van der Waals surface area contributed by atoms with E-state index in [9.17, 15) is 14.7 Å². The zero-order chi connectivity index (χ0) is 15.5. The van der Waals surface area contributed by atoms with Crippen LogP contribution in [0, 0.1) is 5.41 Å². The molecule has 0 aromatic carbocycles. The van der Waals surface area contributed by atoms with Crippen molar-refractivity contribution in [3.63, 3.8) is 0 Å². The first-order valence-electron chi connectivity index (χ1n) is 6.92. The number of aliphatic carboxylic acids is 1. The molecular weight excluding hydrogens is 338 g/mol. The van der Waals surface area contributed by atoms with Crippen LogP contribution in [0.15, 0.2) is 27.3 Å². The molecule has 21 heavy (non-hydrogen) atoms. The van der Waals surface area contributed by atoms with E-state index in [0.29, 0.717) is 42.8 Å². The molecule has 0 radical (unpaired) electrons. The lowest BCUT2D eigenvalue weighted by atomic mass is 9.76. The van der Waals surface area contributed by atoms with Crippen LogP contribution in [0.5, 0.6) is 0 Å². The van der Waals surface area contributed by atoms with Gasteiger partial charge in [-0.25, -0.2) is 0 Å². The second-order valence-electron chi connectivity index (χ2n) is 5.24. The van der Waals surface area contributed by atoms with Crippen LogP contribution in [0.1, 0.15) is 31.9 Å². The molecule has 6 heteroatoms. The van der Waals surface area contributed by atoms with Gasteiger partial charge in [0.1, 0.15) is 5.76 Å². The second kappa shape index (κ2) is 6.47. The first kappa shape index (κ1) is 15.8. The van der Waals surface area contributed by atoms with Gasteiger partial charge in [0, 0.05) is 19.2 Å². The number of likely N-dealkylation sites (tertiary alicyclic amines) is 1. The van der Waals surface area contributed by atoms with E-state index in [1.807, 2.05) is 6.92 Å². The minimum Gasteiger partial charge on any atom is -0.481 e. The topological polar surface area (TPSA) is 70.8 Å². The maximum atomic E-state index is 12.1. The highest BCUT2D eigenvalue weighted by Crippen LogP contribution is 2.35. The van der Waals surface area contributed by atoms with Crippen LogP contribution in [-0.4, -0.2) is 35.0 Å². The zero-order valence-electron chi connectivity index (χ0n) is 11.8. The number of carboxylic acid groups (broad SMARTS) is 1. The van der Waals surface area contributed by atoms with Gasteiger partial charge in [-0.15, -0.1) is 0 Å². The van der Waals surface area contributed by atoms with Gasteiger partial charge in [-0.05, 0) is 53.4 Å². The minimum absolute atomic E-state index is 0.113. The van der Waals surface area contributed by atoms with Crippen molar-refractivity contribution in [1.29, 1.82) is 0 Å². The summed E-state index contributed by atoms with van der Waals surface area (Å²) < 4.78 is 5.90. The quantitative estimate of drug-likeness (QED) is 0.842. The molecule has 2 rings (SSSR count). The maximum absolute atomic E-state index is 12.1. The number of nitrogens with zero attached hydrogens (tertiary/aromatic N) is 1. The summed E-state index contributed by atoms with van der Waals surface area (Å²) >= 11 is 3.20. The molecule has 0 spiro atoms. The van der Waals surface area contributed by atoms with E-state index in [2.05, 4.69) is 15.9 Å². The van der Waals surface area contributed by atoms with Gasteiger partial charge in [0.2, 0.25) is 5.91 Å². The fourth-order valence-electron chi connectivity index (χ4n) is 2.55. The third-order valence-corrected chi connectivity index (χ3v) is 4.57. The van der Waals surface area contributed by atoms with Gasteiger partial charge in [-0.1, -0.05) is 6.92 Å². The van der Waals surface area contributed by atoms with Crippen molar-refractivity contribution in [2.45, 2.75) is 26.2 Å². The third kappa shape index (κ3) is 3.56. The van der Waals surface area contributed by atoms with Gasteiger partial charge in [-0.3, -0.25) is 9.59 Å². The van der Waals surface area contributed by atoms with E-state index in [0.717, 1.165) is 0 Å². The number of carbonyl (C=O) groups is 2. The highest BCUT2D eigenvalue weighted by Gasteiger charge is 2.40. The first-order chi connectivity index (χ1) is 9.97. The first-order valence-corrected chi connectivity index (χ1v) is 7.72. The van der Waals surface area contributed by atoms with Gasteiger partial charge < -0.3 is 14.4 Å². The number of furan rings is 1. The molecule has 1 aromatic rings. The van der Waals surface area contributed by atoms with E-state index >= 15 is 0 Å². The molecule has 0 atom stereocenters. The van der Waals surface area contributed by atoms with Crippen LogP contribution in [0.2, 0.25) is 0 Å². The van der Waals surface area contributed by atoms with E-state index in [1.165, 1.54) is 6.08 Å². The van der Waals surface area contributed by atoms with Crippen LogP contribution < -0.4 is 0 Å². The van der Waals surface area contributed by atoms with Gasteiger partial charge >= 0.3 is 5.97 Å². The summed E-state index contributed by atoms with van der Waals surface area (Å²) in [5, 5.41) is 9.33. The van der Waals surface area contributed by atoms with Crippen molar-refractivity contribution in [2.24, 2.45) is 5.41 Å². The third-order valence-electron chi connectivity index (χ3n) is 4.15. The van der Waals surface area contributed by atoms with E-state index in [4.69, 9.17) is 4.42 Å². The highest BCUT2D eigenvalue weighted by atomic mass is 79.9. The van der Waals surface area contributed by atoms with E-state index < -0.39 is 11.4 Å². The van der Waals surface area contributed by atoms with E-state index in [-0.39, 0.29) is 5.91 Å². The Labute approximate surface area is 131 Å². The molecule has 0 bridgehead atoms. The zero-order valence-corrected chi connectivity index (χ0v) is 13.4. The van der Waals surface area contributed by atoms with Crippen LogP contribution in [-0.2, 0) is 9.59 Å². The maximum Gasteiger partial charge on any atom is 0.309 e. The molecule has 0 unspecified atom stereocenters. The average molecular weight is 356 g/mol. The molecule has 0 saturated carbocycles. The summed E-state index contributed by atoms with van der Waals surface area (Å²) in [4.78, 5) is 25.1. The van der Waals surface area contributed by atoms with Crippen molar-refractivity contribution in [3.8, 4) is 0 Å². The lowest BCUT2D eigenvalue weighted by Crippen LogP contribution is -2.45. The fourth-order valence-corrected chi connectivity index (χ4v) is 2.87. The molecule has 5 nitrogen and oxygen atoms in total. The number of piperidine rings is 1. The van der Waals surface area contributed by atoms with Crippen molar-refractivity contribution in [3.05, 3.63) is 28.6 Å². The fraction of sp³-hybridized carbons (Fsp3) is 0.467. The number of hydrogen-bond donors (Lipinski definition) is 1. The monoisotopic (exact) mass is 355 g/mol. The molecule has 1 saturated heterocycles. The molecule has 1 aliphatic rings. The molecule has 114 valence electrons. The Morgan fingerprint density at radius 2 is 2.10 bits per heavy atom. The Morgan fingerprint density at radius 3 is 2.57 bits per heavy atom. The smallest absolute Gasteiger partial charge is 0.309 e. The van der Waals surface area contributed by atoms with Crippen molar-refractivity contribution < 1.29 is 19.1 Å². The summed E-state index contributed by atoms with van der Waals surface area (Å²) in [5.74, 6) is -0.272. The molecule has 2 heterocycles. The predicted molar refractivity (Wildman–Crippen MR) is 81.6 cm³/mol. The summed E-state index contributed by atoms with van der Waals surface area (Å²) in [6.45, 7) is 2.84. The molecule has 0 aliphatic carbocycles. The van der Waals surface area contributed by atoms with Crippen LogP contribution in [0.25, 0.3) is 6.08 Å². The summed E-state index contributed by atoms with van der Waals surface area (Å²) in [5.41, 5.74) is -0.674. The molecular formula is C15H18BrNO4. The predicted octanol–water partition coefficient (Wildman–Crippen LogP) is 3.16. The normalized spacial score (nSPS) is 18.1. The number of carbonyl (C=O) groups excluding carboxylic acids is 1. The molecule has 1 aromatic heterocycles. The summed E-state index contributed by atoms with van der Waals surface area (Å²) in [6.07, 6.45) is 4.69. The summed E-state index contributed by atoms with van der Waals surface area (Å²) in [7, 11) is 0. The Kier molecular flexibility index (Phi) is 4.88. The SMILES string of the molecule is CCC1(C(=O)O)CCN(C(=O)C=Cc2ccc(Br)o2)CC1. The number of carboxylic acids is 1.